The summed E-state index contributed by atoms with van der Waals surface area (Å²) in [6.45, 7) is 3.70. The molecule has 0 heterocycles. The predicted molar refractivity (Wildman–Crippen MR) is 198 cm³/mol. The molecule has 5 rings (SSSR count). The van der Waals surface area contributed by atoms with Crippen molar-refractivity contribution in [2.45, 2.75) is 44.2 Å². The van der Waals surface area contributed by atoms with E-state index in [1.165, 1.54) is 17.0 Å². The molecule has 0 aliphatic rings. The highest BCUT2D eigenvalue weighted by atomic mass is 35.5. The predicted octanol–water partition coefficient (Wildman–Crippen LogP) is 7.80. The van der Waals surface area contributed by atoms with Gasteiger partial charge < -0.3 is 15.0 Å². The number of anilines is 1. The molecule has 0 saturated heterocycles. The molecule has 0 aliphatic heterocycles. The number of hydrogen-bond acceptors (Lipinski definition) is 5. The van der Waals surface area contributed by atoms with Gasteiger partial charge in [-0.05, 0) is 85.1 Å². The number of nitrogens with zero attached hydrogens (tertiary/aromatic N) is 2. The third-order valence-corrected chi connectivity index (χ3v) is 10.1. The molecule has 1 N–H and O–H groups in total. The van der Waals surface area contributed by atoms with Gasteiger partial charge in [-0.25, -0.2) is 8.42 Å². The molecule has 0 radical (unpaired) electrons. The van der Waals surface area contributed by atoms with E-state index in [0.29, 0.717) is 35.1 Å². The van der Waals surface area contributed by atoms with Crippen molar-refractivity contribution in [1.29, 1.82) is 0 Å². The molecular formula is C40H40ClN3O5S. The molecule has 8 nitrogen and oxygen atoms in total. The van der Waals surface area contributed by atoms with Crippen LogP contribution in [0.2, 0.25) is 5.02 Å². The number of carbonyl (C=O) groups excluding carboxylic acids is 2. The molecule has 1 atom stereocenters. The van der Waals surface area contributed by atoms with Crippen LogP contribution in [-0.4, -0.2) is 44.3 Å². The van der Waals surface area contributed by atoms with Crippen LogP contribution in [-0.2, 0) is 32.6 Å². The Kier molecular flexibility index (Phi) is 12.3. The Hall–Kier alpha value is -5.12. The first kappa shape index (κ1) is 36.2. The minimum absolute atomic E-state index is 0.0265. The zero-order chi connectivity index (χ0) is 35.5. The zero-order valence-electron chi connectivity index (χ0n) is 28.0. The third kappa shape index (κ3) is 9.52. The summed E-state index contributed by atoms with van der Waals surface area (Å²) in [5, 5.41) is 3.43. The van der Waals surface area contributed by atoms with Crippen molar-refractivity contribution >= 4 is 39.1 Å². The zero-order valence-corrected chi connectivity index (χ0v) is 29.6. The molecule has 0 saturated carbocycles. The second-order valence-electron chi connectivity index (χ2n) is 11.9. The highest BCUT2D eigenvalue weighted by Gasteiger charge is 2.34. The first-order valence-corrected chi connectivity index (χ1v) is 18.2. The van der Waals surface area contributed by atoms with Crippen LogP contribution in [0.3, 0.4) is 0 Å². The number of aryl methyl sites for hydroxylation is 1. The van der Waals surface area contributed by atoms with E-state index in [9.17, 15) is 18.0 Å². The summed E-state index contributed by atoms with van der Waals surface area (Å²) in [5.74, 6) is 0.235. The summed E-state index contributed by atoms with van der Waals surface area (Å²) >= 11 is 6.33. The molecule has 1 unspecified atom stereocenters. The van der Waals surface area contributed by atoms with Crippen LogP contribution in [0.15, 0.2) is 138 Å². The first-order valence-electron chi connectivity index (χ1n) is 16.4. The lowest BCUT2D eigenvalue weighted by Crippen LogP contribution is -2.53. The van der Waals surface area contributed by atoms with Crippen LogP contribution in [0.1, 0.15) is 30.0 Å². The minimum Gasteiger partial charge on any atom is -0.457 e. The van der Waals surface area contributed by atoms with Gasteiger partial charge in [0.1, 0.15) is 24.1 Å². The maximum absolute atomic E-state index is 14.6. The number of nitrogens with one attached hydrogen (secondary N) is 1. The molecule has 10 heteroatoms. The normalized spacial score (nSPS) is 11.7. The molecule has 5 aromatic carbocycles. The minimum atomic E-state index is -4.25. The van der Waals surface area contributed by atoms with Crippen LogP contribution in [0.4, 0.5) is 5.69 Å². The summed E-state index contributed by atoms with van der Waals surface area (Å²) < 4.78 is 35.7. The quantitative estimate of drug-likeness (QED) is 0.120. The van der Waals surface area contributed by atoms with Crippen LogP contribution >= 0.6 is 11.6 Å². The molecule has 0 aliphatic carbocycles. The summed E-state index contributed by atoms with van der Waals surface area (Å²) in [6.07, 6.45) is 0.928. The van der Waals surface area contributed by atoms with Gasteiger partial charge >= 0.3 is 0 Å². The lowest BCUT2D eigenvalue weighted by atomic mass is 10.0. The number of carbonyl (C=O) groups is 2. The topological polar surface area (TPSA) is 96.0 Å². The lowest BCUT2D eigenvalue weighted by molar-refractivity contribution is -0.140. The molecule has 50 heavy (non-hydrogen) atoms. The Labute approximate surface area is 299 Å². The second-order valence-corrected chi connectivity index (χ2v) is 14.2. The van der Waals surface area contributed by atoms with Gasteiger partial charge in [-0.3, -0.25) is 13.9 Å². The van der Waals surface area contributed by atoms with Crippen molar-refractivity contribution < 1.29 is 22.7 Å². The Morgan fingerprint density at radius 1 is 0.780 bits per heavy atom. The van der Waals surface area contributed by atoms with E-state index < -0.39 is 28.5 Å². The van der Waals surface area contributed by atoms with Crippen LogP contribution in [0, 0.1) is 6.92 Å². The molecule has 0 spiro atoms. The summed E-state index contributed by atoms with van der Waals surface area (Å²) in [5.41, 5.74) is 2.70. The fourth-order valence-electron chi connectivity index (χ4n) is 5.42. The van der Waals surface area contributed by atoms with Gasteiger partial charge in [0.2, 0.25) is 11.8 Å². The number of rotatable bonds is 15. The molecule has 0 bridgehead atoms. The van der Waals surface area contributed by atoms with Crippen molar-refractivity contribution in [1.82, 2.24) is 10.2 Å². The van der Waals surface area contributed by atoms with Crippen molar-refractivity contribution in [3.63, 3.8) is 0 Å². The highest BCUT2D eigenvalue weighted by Crippen LogP contribution is 2.29. The monoisotopic (exact) mass is 709 g/mol. The van der Waals surface area contributed by atoms with E-state index in [2.05, 4.69) is 5.32 Å². The highest BCUT2D eigenvalue weighted by molar-refractivity contribution is 7.92. The van der Waals surface area contributed by atoms with Crippen molar-refractivity contribution in [2.24, 2.45) is 0 Å². The SMILES string of the molecule is CCCNC(=O)C(Cc1ccccc1)N(Cc1cccc(Cl)c1)C(=O)CN(c1ccc(Oc2ccccc2)cc1)S(=O)(=O)c1ccc(C)cc1. The van der Waals surface area contributed by atoms with Crippen molar-refractivity contribution in [3.05, 3.63) is 155 Å². The maximum Gasteiger partial charge on any atom is 0.264 e. The Morgan fingerprint density at radius 3 is 2.04 bits per heavy atom. The number of benzene rings is 5. The Morgan fingerprint density at radius 2 is 1.40 bits per heavy atom. The van der Waals surface area contributed by atoms with E-state index in [0.717, 1.165) is 15.4 Å². The van der Waals surface area contributed by atoms with Gasteiger partial charge in [-0.2, -0.15) is 0 Å². The second kappa shape index (κ2) is 17.0. The number of amides is 2. The van der Waals surface area contributed by atoms with Crippen molar-refractivity contribution in [3.8, 4) is 11.5 Å². The van der Waals surface area contributed by atoms with E-state index in [1.54, 1.807) is 54.6 Å². The first-order chi connectivity index (χ1) is 24.1. The average Bonchev–Trinajstić information content (AvgIpc) is 3.12. The number of sulfonamides is 1. The molecule has 2 amide bonds. The molecule has 0 aromatic heterocycles. The summed E-state index contributed by atoms with van der Waals surface area (Å²) in [6, 6.07) is 37.8. The summed E-state index contributed by atoms with van der Waals surface area (Å²) in [7, 11) is -4.25. The molecule has 5 aromatic rings. The van der Waals surface area contributed by atoms with E-state index >= 15 is 0 Å². The van der Waals surface area contributed by atoms with Gasteiger partial charge in [0.05, 0.1) is 10.6 Å². The van der Waals surface area contributed by atoms with Gasteiger partial charge in [0.15, 0.2) is 0 Å². The Bertz CT molecular complexity index is 1970. The lowest BCUT2D eigenvalue weighted by Gasteiger charge is -2.34. The van der Waals surface area contributed by atoms with Gasteiger partial charge in [-0.1, -0.05) is 96.9 Å². The van der Waals surface area contributed by atoms with E-state index in [4.69, 9.17) is 16.3 Å². The van der Waals surface area contributed by atoms with Gasteiger partial charge in [0, 0.05) is 24.5 Å². The fraction of sp³-hybridized carbons (Fsp3) is 0.200. The number of halogens is 1. The van der Waals surface area contributed by atoms with Crippen LogP contribution < -0.4 is 14.4 Å². The van der Waals surface area contributed by atoms with Crippen LogP contribution in [0.5, 0.6) is 11.5 Å². The standard InChI is InChI=1S/C40H40ClN3O5S/c1-3-25-42-40(46)38(27-31-11-6-4-7-12-31)43(28-32-13-10-14-33(41)26-32)39(45)29-44(50(47,48)37-23-17-30(2)18-24-37)34-19-21-36(22-20-34)49-35-15-8-5-9-16-35/h4-24,26,38H,3,25,27-29H2,1-2H3,(H,42,46). The number of ether oxygens (including phenoxy) is 1. The largest absolute Gasteiger partial charge is 0.457 e. The van der Waals surface area contributed by atoms with Gasteiger partial charge in [-0.15, -0.1) is 0 Å². The molecule has 0 fully saturated rings. The maximum atomic E-state index is 14.6. The summed E-state index contributed by atoms with van der Waals surface area (Å²) in [4.78, 5) is 30.0. The van der Waals surface area contributed by atoms with Crippen molar-refractivity contribution in [2.75, 3.05) is 17.4 Å². The van der Waals surface area contributed by atoms with E-state index in [1.807, 2.05) is 80.6 Å². The fourth-order valence-corrected chi connectivity index (χ4v) is 7.05. The smallest absolute Gasteiger partial charge is 0.264 e. The Balaban J connectivity index is 1.55. The molecule has 258 valence electrons. The van der Waals surface area contributed by atoms with E-state index in [-0.39, 0.29) is 29.5 Å². The number of para-hydroxylation sites is 1. The average molecular weight is 710 g/mol. The number of hydrogen-bond donors (Lipinski definition) is 1. The molecular weight excluding hydrogens is 670 g/mol. The third-order valence-electron chi connectivity index (χ3n) is 8.05. The van der Waals surface area contributed by atoms with Gasteiger partial charge in [0.25, 0.3) is 10.0 Å². The van der Waals surface area contributed by atoms with Crippen LogP contribution in [0.25, 0.3) is 0 Å².